The molecule has 1 fully saturated rings. The lowest BCUT2D eigenvalue weighted by molar-refractivity contribution is -0.147. The zero-order valence-corrected chi connectivity index (χ0v) is 27.1. The molecule has 5 unspecified atom stereocenters. The number of hydrogen-bond donors (Lipinski definition) is 2. The van der Waals surface area contributed by atoms with E-state index in [0.717, 1.165) is 10.6 Å². The Bertz CT molecular complexity index is 1370. The van der Waals surface area contributed by atoms with Crippen molar-refractivity contribution < 1.29 is 36.3 Å². The van der Waals surface area contributed by atoms with Crippen molar-refractivity contribution >= 4 is 32.1 Å². The minimum absolute atomic E-state index is 0.00278. The zero-order chi connectivity index (χ0) is 33.6. The Balaban J connectivity index is 0.00000271. The summed E-state index contributed by atoms with van der Waals surface area (Å²) in [4.78, 5) is 41.0. The maximum atomic E-state index is 14.7. The predicted octanol–water partition coefficient (Wildman–Crippen LogP) is 3.72. The molecule has 3 heterocycles. The van der Waals surface area contributed by atoms with Crippen LogP contribution in [0.1, 0.15) is 77.0 Å². The van der Waals surface area contributed by atoms with E-state index in [2.05, 4.69) is 24.8 Å². The fourth-order valence-corrected chi connectivity index (χ4v) is 5.96. The van der Waals surface area contributed by atoms with Gasteiger partial charge in [-0.2, -0.15) is 13.2 Å². The number of carbonyl (C=O) groups excluding carboxylic acids is 3. The molecule has 5 atom stereocenters. The molecule has 4 rings (SSSR count). The minimum atomic E-state index is -4.65. The Morgan fingerprint density at radius 2 is 1.78 bits per heavy atom. The molecule has 2 amide bonds. The monoisotopic (exact) mass is 660 g/mol. The first kappa shape index (κ1) is 36.5. The van der Waals surface area contributed by atoms with Crippen LogP contribution in [0.15, 0.2) is 12.1 Å². The summed E-state index contributed by atoms with van der Waals surface area (Å²) in [5, 5.41) is 9.88. The summed E-state index contributed by atoms with van der Waals surface area (Å²) in [6.07, 6.45) is -3.47. The standard InChI is InChI=1S/C28H36F5N6O3P.C2H6/c1-14(2)24(34)26(42)38-8-3-4-20(38)25(41)35-17(10-16-11-22(43)19(30)13-18(16)29)5-6-21(40)15-7-9-39-23(12-15)36-37-27(39)28(31,32)33;1-2/h11,13-15,17,20,24H,3-10,12,34,43H2,1-2H3,(H,35,41);1-2H3. The summed E-state index contributed by atoms with van der Waals surface area (Å²) in [6, 6.07) is -0.237. The number of nitrogens with two attached hydrogens (primary N) is 1. The molecule has 2 aromatic rings. The lowest BCUT2D eigenvalue weighted by Gasteiger charge is -2.30. The van der Waals surface area contributed by atoms with Crippen LogP contribution >= 0.6 is 9.24 Å². The van der Waals surface area contributed by atoms with Gasteiger partial charge in [0.1, 0.15) is 29.3 Å². The van der Waals surface area contributed by atoms with E-state index in [1.807, 2.05) is 27.7 Å². The predicted molar refractivity (Wildman–Crippen MR) is 161 cm³/mol. The molecular weight excluding hydrogens is 618 g/mol. The largest absolute Gasteiger partial charge is 0.451 e. The van der Waals surface area contributed by atoms with Crippen LogP contribution in [0.25, 0.3) is 0 Å². The van der Waals surface area contributed by atoms with Crippen LogP contribution in [-0.2, 0) is 39.9 Å². The van der Waals surface area contributed by atoms with E-state index >= 15 is 0 Å². The Kier molecular flexibility index (Phi) is 12.6. The number of amides is 2. The summed E-state index contributed by atoms with van der Waals surface area (Å²) >= 11 is 0. The molecule has 0 bridgehead atoms. The Morgan fingerprint density at radius 3 is 2.42 bits per heavy atom. The number of benzene rings is 1. The molecule has 1 aromatic carbocycles. The van der Waals surface area contributed by atoms with Crippen LogP contribution in [0.2, 0.25) is 0 Å². The molecule has 0 aliphatic carbocycles. The number of alkyl halides is 3. The second-order valence-electron chi connectivity index (χ2n) is 11.6. The highest BCUT2D eigenvalue weighted by Crippen LogP contribution is 2.32. The van der Waals surface area contributed by atoms with Crippen molar-refractivity contribution in [3.8, 4) is 0 Å². The summed E-state index contributed by atoms with van der Waals surface area (Å²) in [7, 11) is 2.18. The first-order valence-electron chi connectivity index (χ1n) is 15.3. The number of ketones is 1. The first-order valence-corrected chi connectivity index (χ1v) is 15.9. The van der Waals surface area contributed by atoms with Crippen molar-refractivity contribution in [3.05, 3.63) is 41.0 Å². The van der Waals surface area contributed by atoms with E-state index in [1.165, 1.54) is 11.0 Å². The first-order chi connectivity index (χ1) is 21.2. The Hall–Kier alpha value is -2.99. The van der Waals surface area contributed by atoms with Crippen molar-refractivity contribution in [1.29, 1.82) is 0 Å². The number of carbonyl (C=O) groups is 3. The molecule has 3 N–H and O–H groups in total. The highest BCUT2D eigenvalue weighted by Gasteiger charge is 2.41. The number of rotatable bonds is 10. The number of hydrogen-bond acceptors (Lipinski definition) is 6. The van der Waals surface area contributed by atoms with Crippen LogP contribution < -0.4 is 16.4 Å². The number of halogens is 5. The molecule has 1 aromatic heterocycles. The van der Waals surface area contributed by atoms with Crippen molar-refractivity contribution in [2.45, 2.75) is 103 Å². The third-order valence-corrected chi connectivity index (χ3v) is 8.67. The third kappa shape index (κ3) is 8.84. The molecule has 2 aliphatic rings. The summed E-state index contributed by atoms with van der Waals surface area (Å²) < 4.78 is 69.1. The van der Waals surface area contributed by atoms with Crippen LogP contribution in [-0.4, -0.2) is 61.9 Å². The molecule has 1 saturated heterocycles. The van der Waals surface area contributed by atoms with Crippen molar-refractivity contribution in [3.63, 3.8) is 0 Å². The van der Waals surface area contributed by atoms with E-state index in [4.69, 9.17) is 5.73 Å². The van der Waals surface area contributed by atoms with E-state index in [1.54, 1.807) is 0 Å². The molecule has 2 aliphatic heterocycles. The summed E-state index contributed by atoms with van der Waals surface area (Å²) in [5.74, 6) is -4.32. The van der Waals surface area contributed by atoms with E-state index in [9.17, 15) is 36.3 Å². The number of likely N-dealkylation sites (tertiary alicyclic amines) is 1. The number of nitrogens with zero attached hydrogens (tertiary/aromatic N) is 4. The molecule has 45 heavy (non-hydrogen) atoms. The molecule has 0 saturated carbocycles. The van der Waals surface area contributed by atoms with Gasteiger partial charge >= 0.3 is 6.18 Å². The van der Waals surface area contributed by atoms with Gasteiger partial charge in [-0.3, -0.25) is 14.4 Å². The van der Waals surface area contributed by atoms with E-state index < -0.39 is 53.6 Å². The van der Waals surface area contributed by atoms with Gasteiger partial charge in [0, 0.05) is 49.3 Å². The normalized spacial score (nSPS) is 19.4. The van der Waals surface area contributed by atoms with Crippen LogP contribution in [0, 0.1) is 23.5 Å². The second kappa shape index (κ2) is 15.5. The maximum absolute atomic E-state index is 14.7. The molecule has 15 heteroatoms. The fourth-order valence-electron chi connectivity index (χ4n) is 5.67. The number of aromatic nitrogens is 3. The van der Waals surface area contributed by atoms with Gasteiger partial charge < -0.3 is 20.5 Å². The smallest absolute Gasteiger partial charge is 0.351 e. The maximum Gasteiger partial charge on any atom is 0.451 e. The van der Waals surface area contributed by atoms with Crippen molar-refractivity contribution in [2.75, 3.05) is 6.54 Å². The van der Waals surface area contributed by atoms with Gasteiger partial charge in [0.15, 0.2) is 0 Å². The Morgan fingerprint density at radius 1 is 1.09 bits per heavy atom. The second-order valence-corrected chi connectivity index (χ2v) is 12.2. The molecule has 0 spiro atoms. The van der Waals surface area contributed by atoms with Crippen LogP contribution in [0.5, 0.6) is 0 Å². The van der Waals surface area contributed by atoms with E-state index in [-0.39, 0.29) is 72.9 Å². The van der Waals surface area contributed by atoms with Crippen molar-refractivity contribution in [1.82, 2.24) is 25.0 Å². The topological polar surface area (TPSA) is 123 Å². The lowest BCUT2D eigenvalue weighted by atomic mass is 9.89. The van der Waals surface area contributed by atoms with Crippen LogP contribution in [0.4, 0.5) is 22.0 Å². The fraction of sp³-hybridized carbons (Fsp3) is 0.633. The SMILES string of the molecule is CC.CC(C)C(N)C(=O)N1CCCC1C(=O)NC(CCC(=O)C1CCn2c(nnc2C(F)(F)F)C1)Cc1cc(P)c(F)cc1F. The van der Waals surface area contributed by atoms with Gasteiger partial charge in [-0.1, -0.05) is 27.7 Å². The van der Waals surface area contributed by atoms with Gasteiger partial charge in [0.05, 0.1) is 6.04 Å². The Labute approximate surface area is 262 Å². The molecule has 9 nitrogen and oxygen atoms in total. The van der Waals surface area contributed by atoms with Crippen LogP contribution in [0.3, 0.4) is 0 Å². The number of fused-ring (bicyclic) bond motifs is 1. The highest BCUT2D eigenvalue weighted by molar-refractivity contribution is 7.27. The van der Waals surface area contributed by atoms with Gasteiger partial charge in [-0.15, -0.1) is 19.4 Å². The molecular formula is C30H42F5N6O3P. The van der Waals surface area contributed by atoms with E-state index in [0.29, 0.717) is 19.4 Å². The van der Waals surface area contributed by atoms with Gasteiger partial charge in [-0.05, 0) is 49.7 Å². The third-order valence-electron chi connectivity index (χ3n) is 8.23. The average Bonchev–Trinajstić information content (AvgIpc) is 3.66. The van der Waals surface area contributed by atoms with Gasteiger partial charge in [0.2, 0.25) is 17.6 Å². The average molecular weight is 661 g/mol. The molecule has 0 radical (unpaired) electrons. The highest BCUT2D eigenvalue weighted by atomic mass is 31.0. The van der Waals surface area contributed by atoms with Crippen molar-refractivity contribution in [2.24, 2.45) is 17.6 Å². The number of Topliss-reactive ketones (excluding diaryl/α,β-unsaturated/α-hetero) is 1. The van der Waals surface area contributed by atoms with Gasteiger partial charge in [-0.25, -0.2) is 8.78 Å². The van der Waals surface area contributed by atoms with Gasteiger partial charge in [0.25, 0.3) is 0 Å². The summed E-state index contributed by atoms with van der Waals surface area (Å²) in [6.45, 7) is 7.93. The number of nitrogens with one attached hydrogen (secondary N) is 1. The minimum Gasteiger partial charge on any atom is -0.351 e. The quantitative estimate of drug-likeness (QED) is 0.296. The summed E-state index contributed by atoms with van der Waals surface area (Å²) in [5.41, 5.74) is 6.19. The zero-order valence-electron chi connectivity index (χ0n) is 26.0. The molecule has 250 valence electrons. The lowest BCUT2D eigenvalue weighted by Crippen LogP contribution is -2.54.